The Hall–Kier alpha value is -1.06. The molecular formula is C19H22BrNS. The minimum absolute atomic E-state index is 1.12. The van der Waals surface area contributed by atoms with Gasteiger partial charge in [-0.25, -0.2) is 0 Å². The van der Waals surface area contributed by atoms with Crippen molar-refractivity contribution in [2.45, 2.75) is 43.9 Å². The highest BCUT2D eigenvalue weighted by Gasteiger charge is 2.03. The van der Waals surface area contributed by atoms with E-state index in [2.05, 4.69) is 64.2 Å². The van der Waals surface area contributed by atoms with Crippen molar-refractivity contribution in [2.75, 3.05) is 0 Å². The lowest BCUT2D eigenvalue weighted by molar-refractivity contribution is 0.673. The van der Waals surface area contributed by atoms with Gasteiger partial charge in [-0.15, -0.1) is 0 Å². The molecule has 0 aliphatic rings. The summed E-state index contributed by atoms with van der Waals surface area (Å²) in [5, 5.41) is 0. The predicted molar refractivity (Wildman–Crippen MR) is 101 cm³/mol. The van der Waals surface area contributed by atoms with Crippen LogP contribution in [0.15, 0.2) is 63.1 Å². The molecule has 2 rings (SSSR count). The molecule has 1 aromatic heterocycles. The van der Waals surface area contributed by atoms with Gasteiger partial charge < -0.3 is 0 Å². The fraction of sp³-hybridized carbons (Fsp3) is 0.316. The van der Waals surface area contributed by atoms with Crippen LogP contribution in [0.4, 0.5) is 0 Å². The molecule has 0 aliphatic heterocycles. The molecule has 116 valence electrons. The SMILES string of the molecule is CCCCCCC(=Cc1cccnc1)Sc1ccc(Br)cc1. The molecule has 0 atom stereocenters. The van der Waals surface area contributed by atoms with Crippen molar-refractivity contribution in [3.8, 4) is 0 Å². The van der Waals surface area contributed by atoms with E-state index in [1.807, 2.05) is 30.2 Å². The van der Waals surface area contributed by atoms with Gasteiger partial charge in [0.2, 0.25) is 0 Å². The minimum atomic E-state index is 1.12. The van der Waals surface area contributed by atoms with Crippen LogP contribution in [0.1, 0.15) is 44.6 Å². The van der Waals surface area contributed by atoms with Crippen LogP contribution in [-0.2, 0) is 0 Å². The van der Waals surface area contributed by atoms with E-state index in [1.54, 1.807) is 0 Å². The van der Waals surface area contributed by atoms with Crippen molar-refractivity contribution in [1.82, 2.24) is 4.98 Å². The van der Waals surface area contributed by atoms with E-state index >= 15 is 0 Å². The monoisotopic (exact) mass is 375 g/mol. The van der Waals surface area contributed by atoms with Crippen LogP contribution in [-0.4, -0.2) is 4.98 Å². The first-order chi connectivity index (χ1) is 10.8. The predicted octanol–water partition coefficient (Wildman–Crippen LogP) is 6.95. The molecule has 0 spiro atoms. The number of rotatable bonds is 8. The number of thioether (sulfide) groups is 1. The Morgan fingerprint density at radius 2 is 1.95 bits per heavy atom. The molecule has 0 unspecified atom stereocenters. The first kappa shape index (κ1) is 17.3. The number of benzene rings is 1. The van der Waals surface area contributed by atoms with Crippen LogP contribution in [0.25, 0.3) is 6.08 Å². The van der Waals surface area contributed by atoms with E-state index in [9.17, 15) is 0 Å². The maximum absolute atomic E-state index is 4.21. The highest BCUT2D eigenvalue weighted by molar-refractivity contribution is 9.10. The smallest absolute Gasteiger partial charge is 0.0340 e. The quantitative estimate of drug-likeness (QED) is 0.365. The van der Waals surface area contributed by atoms with Crippen LogP contribution < -0.4 is 0 Å². The van der Waals surface area contributed by atoms with Crippen LogP contribution in [0, 0.1) is 0 Å². The normalized spacial score (nSPS) is 11.6. The second kappa shape index (κ2) is 9.86. The van der Waals surface area contributed by atoms with Crippen LogP contribution in [0.5, 0.6) is 0 Å². The average molecular weight is 376 g/mol. The highest BCUT2D eigenvalue weighted by atomic mass is 79.9. The van der Waals surface area contributed by atoms with Gasteiger partial charge in [-0.3, -0.25) is 4.98 Å². The second-order valence-electron chi connectivity index (χ2n) is 5.26. The molecule has 0 aliphatic carbocycles. The molecule has 0 radical (unpaired) electrons. The van der Waals surface area contributed by atoms with Gasteiger partial charge >= 0.3 is 0 Å². The summed E-state index contributed by atoms with van der Waals surface area (Å²) in [5.74, 6) is 0. The van der Waals surface area contributed by atoms with E-state index < -0.39 is 0 Å². The second-order valence-corrected chi connectivity index (χ2v) is 7.38. The first-order valence-corrected chi connectivity index (χ1v) is 9.43. The van der Waals surface area contributed by atoms with Crippen molar-refractivity contribution in [2.24, 2.45) is 0 Å². The molecule has 0 N–H and O–H groups in total. The number of allylic oxidation sites excluding steroid dienone is 1. The minimum Gasteiger partial charge on any atom is -0.264 e. The molecule has 1 aromatic carbocycles. The van der Waals surface area contributed by atoms with Gasteiger partial charge in [-0.05, 0) is 59.7 Å². The average Bonchev–Trinajstić information content (AvgIpc) is 2.54. The van der Waals surface area contributed by atoms with E-state index in [0.717, 1.165) is 10.9 Å². The lowest BCUT2D eigenvalue weighted by atomic mass is 10.1. The maximum Gasteiger partial charge on any atom is 0.0340 e. The molecular weight excluding hydrogens is 354 g/mol. The Bertz CT molecular complexity index is 578. The third kappa shape index (κ3) is 6.37. The molecule has 0 saturated carbocycles. The fourth-order valence-corrected chi connectivity index (χ4v) is 3.46. The third-order valence-electron chi connectivity index (χ3n) is 3.35. The van der Waals surface area contributed by atoms with E-state index in [0.29, 0.717) is 0 Å². The Morgan fingerprint density at radius 1 is 1.14 bits per heavy atom. The van der Waals surface area contributed by atoms with Gasteiger partial charge in [0.25, 0.3) is 0 Å². The van der Waals surface area contributed by atoms with Crippen molar-refractivity contribution in [3.63, 3.8) is 0 Å². The zero-order chi connectivity index (χ0) is 15.6. The molecule has 1 nitrogen and oxygen atoms in total. The topological polar surface area (TPSA) is 12.9 Å². The molecule has 0 fully saturated rings. The van der Waals surface area contributed by atoms with Crippen LogP contribution in [0.3, 0.4) is 0 Å². The molecule has 22 heavy (non-hydrogen) atoms. The Balaban J connectivity index is 2.07. The van der Waals surface area contributed by atoms with Gasteiger partial charge in [0, 0.05) is 21.8 Å². The molecule has 2 aromatic rings. The number of aromatic nitrogens is 1. The molecule has 0 amide bonds. The summed E-state index contributed by atoms with van der Waals surface area (Å²) in [7, 11) is 0. The Kier molecular flexibility index (Phi) is 7.75. The lowest BCUT2D eigenvalue weighted by Crippen LogP contribution is -1.84. The van der Waals surface area contributed by atoms with Gasteiger partial charge in [-0.1, -0.05) is 59.9 Å². The maximum atomic E-state index is 4.21. The largest absolute Gasteiger partial charge is 0.264 e. The van der Waals surface area contributed by atoms with Gasteiger partial charge in [-0.2, -0.15) is 0 Å². The molecule has 3 heteroatoms. The first-order valence-electron chi connectivity index (χ1n) is 7.82. The van der Waals surface area contributed by atoms with E-state index in [1.165, 1.54) is 41.0 Å². The highest BCUT2D eigenvalue weighted by Crippen LogP contribution is 2.32. The molecule has 0 saturated heterocycles. The summed E-state index contributed by atoms with van der Waals surface area (Å²) >= 11 is 5.36. The summed E-state index contributed by atoms with van der Waals surface area (Å²) in [6.45, 7) is 2.25. The van der Waals surface area contributed by atoms with E-state index in [-0.39, 0.29) is 0 Å². The third-order valence-corrected chi connectivity index (χ3v) is 4.97. The van der Waals surface area contributed by atoms with Crippen molar-refractivity contribution < 1.29 is 0 Å². The number of nitrogens with zero attached hydrogens (tertiary/aromatic N) is 1. The number of halogens is 1. The Morgan fingerprint density at radius 3 is 2.64 bits per heavy atom. The standard InChI is InChI=1S/C19H22BrNS/c1-2-3-4-5-8-19(14-16-7-6-13-21-15-16)22-18-11-9-17(20)10-12-18/h6-7,9-15H,2-5,8H2,1H3. The van der Waals surface area contributed by atoms with Crippen molar-refractivity contribution in [3.05, 3.63) is 63.7 Å². The van der Waals surface area contributed by atoms with Crippen LogP contribution >= 0.6 is 27.7 Å². The zero-order valence-electron chi connectivity index (χ0n) is 13.0. The van der Waals surface area contributed by atoms with Crippen LogP contribution in [0.2, 0.25) is 0 Å². The Labute approximate surface area is 146 Å². The number of hydrogen-bond acceptors (Lipinski definition) is 2. The summed E-state index contributed by atoms with van der Waals surface area (Å²) in [5.41, 5.74) is 1.18. The van der Waals surface area contributed by atoms with Gasteiger partial charge in [0.05, 0.1) is 0 Å². The number of hydrogen-bond donors (Lipinski definition) is 0. The molecule has 0 bridgehead atoms. The lowest BCUT2D eigenvalue weighted by Gasteiger charge is -2.08. The van der Waals surface area contributed by atoms with Gasteiger partial charge in [0.15, 0.2) is 0 Å². The summed E-state index contributed by atoms with van der Waals surface area (Å²) in [6, 6.07) is 12.6. The summed E-state index contributed by atoms with van der Waals surface area (Å²) in [6.07, 6.45) is 12.3. The fourth-order valence-electron chi connectivity index (χ4n) is 2.18. The van der Waals surface area contributed by atoms with Crippen molar-refractivity contribution >= 4 is 33.8 Å². The zero-order valence-corrected chi connectivity index (χ0v) is 15.4. The summed E-state index contributed by atoms with van der Waals surface area (Å²) < 4.78 is 1.12. The summed E-state index contributed by atoms with van der Waals surface area (Å²) in [4.78, 5) is 6.90. The van der Waals surface area contributed by atoms with E-state index in [4.69, 9.17) is 0 Å². The number of unbranched alkanes of at least 4 members (excludes halogenated alkanes) is 3. The molecule has 1 heterocycles. The van der Waals surface area contributed by atoms with Crippen molar-refractivity contribution in [1.29, 1.82) is 0 Å². The number of pyridine rings is 1. The van der Waals surface area contributed by atoms with Gasteiger partial charge in [0.1, 0.15) is 0 Å².